The molecule has 0 unspecified atom stereocenters. The minimum atomic E-state index is 0.105. The molecule has 0 saturated carbocycles. The lowest BCUT2D eigenvalue weighted by atomic mass is 9.93. The monoisotopic (exact) mass is 250 g/mol. The van der Waals surface area contributed by atoms with Crippen molar-refractivity contribution in [2.24, 2.45) is 4.99 Å². The van der Waals surface area contributed by atoms with E-state index in [2.05, 4.69) is 9.98 Å². The van der Waals surface area contributed by atoms with Crippen molar-refractivity contribution in [1.29, 1.82) is 0 Å². The maximum atomic E-state index is 12.3. The number of aryl methyl sites for hydroxylation is 2. The van der Waals surface area contributed by atoms with E-state index >= 15 is 0 Å². The highest BCUT2D eigenvalue weighted by Crippen LogP contribution is 2.28. The Kier molecular flexibility index (Phi) is 2.75. The number of rotatable bonds is 1. The lowest BCUT2D eigenvalue weighted by Gasteiger charge is -2.16. The molecule has 0 radical (unpaired) electrons. The molecule has 0 saturated heterocycles. The van der Waals surface area contributed by atoms with Gasteiger partial charge in [-0.15, -0.1) is 0 Å². The van der Waals surface area contributed by atoms with Gasteiger partial charge in [-0.1, -0.05) is 24.3 Å². The Morgan fingerprint density at radius 3 is 2.63 bits per heavy atom. The number of hydrogen-bond acceptors (Lipinski definition) is 3. The number of carbonyl (C=O) groups is 1. The smallest absolute Gasteiger partial charge is 0.172 e. The molecule has 3 heteroatoms. The zero-order valence-electron chi connectivity index (χ0n) is 11.0. The molecule has 3 rings (SSSR count). The maximum absolute atomic E-state index is 12.3. The molecule has 2 heterocycles. The summed E-state index contributed by atoms with van der Waals surface area (Å²) in [5, 5.41) is 0. The van der Waals surface area contributed by atoms with E-state index < -0.39 is 0 Å². The van der Waals surface area contributed by atoms with Crippen LogP contribution in [0.15, 0.2) is 41.5 Å². The van der Waals surface area contributed by atoms with Crippen LogP contribution in [-0.2, 0) is 0 Å². The van der Waals surface area contributed by atoms with E-state index in [1.165, 1.54) is 0 Å². The van der Waals surface area contributed by atoms with E-state index in [4.69, 9.17) is 0 Å². The van der Waals surface area contributed by atoms with Crippen LogP contribution in [-0.4, -0.2) is 16.5 Å². The molecule has 94 valence electrons. The number of pyridine rings is 1. The van der Waals surface area contributed by atoms with Crippen LogP contribution in [0.4, 0.5) is 5.82 Å². The molecule has 2 aromatic rings. The molecular formula is C16H14N2O. The Labute approximate surface area is 112 Å². The number of benzene rings is 1. The van der Waals surface area contributed by atoms with Gasteiger partial charge < -0.3 is 0 Å². The molecule has 1 aromatic carbocycles. The highest BCUT2D eigenvalue weighted by Gasteiger charge is 2.23. The normalized spacial score (nSPS) is 14.0. The van der Waals surface area contributed by atoms with Crippen LogP contribution in [0.2, 0.25) is 0 Å². The Morgan fingerprint density at radius 2 is 1.84 bits per heavy atom. The number of hydrogen-bond donors (Lipinski definition) is 0. The third-order valence-corrected chi connectivity index (χ3v) is 3.44. The summed E-state index contributed by atoms with van der Waals surface area (Å²) in [6, 6.07) is 9.84. The molecule has 0 amide bonds. The summed E-state index contributed by atoms with van der Waals surface area (Å²) in [6.07, 6.45) is 2.05. The minimum absolute atomic E-state index is 0.105. The van der Waals surface area contributed by atoms with Crippen LogP contribution in [0, 0.1) is 13.8 Å². The van der Waals surface area contributed by atoms with Crippen molar-refractivity contribution in [3.05, 3.63) is 58.8 Å². The van der Waals surface area contributed by atoms with Gasteiger partial charge in [0.1, 0.15) is 0 Å². The van der Waals surface area contributed by atoms with Crippen molar-refractivity contribution in [2.75, 3.05) is 0 Å². The second-order valence-electron chi connectivity index (χ2n) is 4.80. The first-order valence-electron chi connectivity index (χ1n) is 6.29. The average molecular weight is 250 g/mol. The van der Waals surface area contributed by atoms with Crippen LogP contribution in [0.1, 0.15) is 33.5 Å². The van der Waals surface area contributed by atoms with Crippen molar-refractivity contribution in [3.63, 3.8) is 0 Å². The second kappa shape index (κ2) is 4.43. The Morgan fingerprint density at radius 1 is 1.05 bits per heavy atom. The summed E-state index contributed by atoms with van der Waals surface area (Å²) in [6.45, 7) is 3.95. The van der Waals surface area contributed by atoms with Gasteiger partial charge in [-0.25, -0.2) is 9.98 Å². The Bertz CT molecular complexity index is 702. The molecule has 3 nitrogen and oxygen atoms in total. The number of Topliss-reactive ketones (excluding diaryl/α,β-unsaturated/α-hetero) is 1. The first kappa shape index (κ1) is 11.8. The molecule has 0 bridgehead atoms. The van der Waals surface area contributed by atoms with Gasteiger partial charge in [0, 0.05) is 6.20 Å². The number of ketones is 1. The van der Waals surface area contributed by atoms with E-state index in [-0.39, 0.29) is 5.78 Å². The highest BCUT2D eigenvalue weighted by molar-refractivity contribution is 6.21. The minimum Gasteiger partial charge on any atom is -0.294 e. The summed E-state index contributed by atoms with van der Waals surface area (Å²) < 4.78 is 0. The first-order valence-corrected chi connectivity index (χ1v) is 6.29. The van der Waals surface area contributed by atoms with E-state index in [0.717, 1.165) is 22.4 Å². The van der Waals surface area contributed by atoms with Gasteiger partial charge in [-0.05, 0) is 36.6 Å². The lowest BCUT2D eigenvalue weighted by molar-refractivity contribution is 0.0999. The second-order valence-corrected chi connectivity index (χ2v) is 4.80. The predicted octanol–water partition coefficient (Wildman–Crippen LogP) is 3.41. The van der Waals surface area contributed by atoms with E-state index in [9.17, 15) is 4.79 Å². The molecule has 1 aliphatic heterocycles. The third kappa shape index (κ3) is 1.97. The fraction of sp³-hybridized carbons (Fsp3) is 0.188. The van der Waals surface area contributed by atoms with E-state index in [0.29, 0.717) is 17.8 Å². The first-order chi connectivity index (χ1) is 9.16. The van der Waals surface area contributed by atoms with Crippen molar-refractivity contribution >= 4 is 17.3 Å². The Balaban J connectivity index is 2.17. The summed E-state index contributed by atoms with van der Waals surface area (Å²) in [5.74, 6) is 0.656. The number of nitrogens with zero attached hydrogens (tertiary/aromatic N) is 2. The van der Waals surface area contributed by atoms with Gasteiger partial charge in [0.05, 0.1) is 17.7 Å². The van der Waals surface area contributed by atoms with E-state index in [1.54, 1.807) is 6.20 Å². The lowest BCUT2D eigenvalue weighted by Crippen LogP contribution is -2.17. The molecule has 0 fully saturated rings. The standard InChI is InChI=1S/C16H14N2O/c1-10-5-3-4-6-12(10)13-9-14(19)15-11(2)7-8-17-16(15)18-13/h3-8H,9H2,1-2H3. The van der Waals surface area contributed by atoms with Gasteiger partial charge in [0.25, 0.3) is 0 Å². The van der Waals surface area contributed by atoms with Crippen molar-refractivity contribution in [1.82, 2.24) is 4.98 Å². The van der Waals surface area contributed by atoms with E-state index in [1.807, 2.05) is 44.2 Å². The highest BCUT2D eigenvalue weighted by atomic mass is 16.1. The molecule has 1 aromatic heterocycles. The van der Waals surface area contributed by atoms with Crippen molar-refractivity contribution < 1.29 is 4.79 Å². The van der Waals surface area contributed by atoms with Crippen LogP contribution in [0.3, 0.4) is 0 Å². The third-order valence-electron chi connectivity index (χ3n) is 3.44. The molecular weight excluding hydrogens is 236 g/mol. The molecule has 1 aliphatic rings. The number of fused-ring (bicyclic) bond motifs is 1. The van der Waals surface area contributed by atoms with Gasteiger partial charge in [0.2, 0.25) is 0 Å². The quantitative estimate of drug-likeness (QED) is 0.778. The van der Waals surface area contributed by atoms with Crippen LogP contribution in [0.5, 0.6) is 0 Å². The molecule has 0 atom stereocenters. The maximum Gasteiger partial charge on any atom is 0.172 e. The summed E-state index contributed by atoms with van der Waals surface area (Å²) in [5.41, 5.74) is 4.59. The van der Waals surface area contributed by atoms with Crippen LogP contribution in [0.25, 0.3) is 0 Å². The number of aliphatic imine (C=N–C) groups is 1. The summed E-state index contributed by atoms with van der Waals surface area (Å²) in [4.78, 5) is 21.1. The van der Waals surface area contributed by atoms with Crippen molar-refractivity contribution in [2.45, 2.75) is 20.3 Å². The fourth-order valence-corrected chi connectivity index (χ4v) is 2.43. The largest absolute Gasteiger partial charge is 0.294 e. The number of carbonyl (C=O) groups excluding carboxylic acids is 1. The summed E-state index contributed by atoms with van der Waals surface area (Å²) in [7, 11) is 0. The van der Waals surface area contributed by atoms with Gasteiger partial charge in [-0.3, -0.25) is 4.79 Å². The number of aromatic nitrogens is 1. The fourth-order valence-electron chi connectivity index (χ4n) is 2.43. The van der Waals surface area contributed by atoms with Crippen molar-refractivity contribution in [3.8, 4) is 0 Å². The average Bonchev–Trinajstić information content (AvgIpc) is 2.39. The Hall–Kier alpha value is -2.29. The SMILES string of the molecule is Cc1ccccc1C1=Nc2nccc(C)c2C(=O)C1. The zero-order chi connectivity index (χ0) is 13.4. The molecule has 0 spiro atoms. The predicted molar refractivity (Wildman–Crippen MR) is 75.3 cm³/mol. The molecule has 19 heavy (non-hydrogen) atoms. The summed E-state index contributed by atoms with van der Waals surface area (Å²) >= 11 is 0. The van der Waals surface area contributed by atoms with Crippen LogP contribution >= 0.6 is 0 Å². The topological polar surface area (TPSA) is 42.3 Å². The van der Waals surface area contributed by atoms with Crippen LogP contribution < -0.4 is 0 Å². The van der Waals surface area contributed by atoms with Gasteiger partial charge in [-0.2, -0.15) is 0 Å². The molecule has 0 aliphatic carbocycles. The van der Waals surface area contributed by atoms with Gasteiger partial charge >= 0.3 is 0 Å². The molecule has 0 N–H and O–H groups in total. The zero-order valence-corrected chi connectivity index (χ0v) is 11.0. The van der Waals surface area contributed by atoms with Gasteiger partial charge in [0.15, 0.2) is 11.6 Å².